The molecule has 1 saturated heterocycles. The van der Waals surface area contributed by atoms with Crippen molar-refractivity contribution >= 4 is 0 Å². The van der Waals surface area contributed by atoms with Gasteiger partial charge >= 0.3 is 12.4 Å². The van der Waals surface area contributed by atoms with Crippen molar-refractivity contribution in [2.45, 2.75) is 25.3 Å². The van der Waals surface area contributed by atoms with Gasteiger partial charge in [0.05, 0.1) is 28.2 Å². The Morgan fingerprint density at radius 1 is 0.811 bits per heavy atom. The summed E-state index contributed by atoms with van der Waals surface area (Å²) in [6.45, 7) is 6.27. The van der Waals surface area contributed by atoms with Gasteiger partial charge in [-0.3, -0.25) is 0 Å². The van der Waals surface area contributed by atoms with E-state index in [2.05, 4.69) is 27.3 Å². The molecule has 200 valence electrons. The molecule has 1 aromatic heterocycles. The van der Waals surface area contributed by atoms with Crippen molar-refractivity contribution < 1.29 is 26.3 Å². The number of hydrogen-bond acceptors (Lipinski definition) is 4. The van der Waals surface area contributed by atoms with Crippen LogP contribution in [0.3, 0.4) is 0 Å². The smallest absolute Gasteiger partial charge is 0.311 e. The van der Waals surface area contributed by atoms with Gasteiger partial charge in [0.25, 0.3) is 0 Å². The van der Waals surface area contributed by atoms with Crippen molar-refractivity contribution in [1.82, 2.24) is 24.9 Å². The summed E-state index contributed by atoms with van der Waals surface area (Å²) < 4.78 is 79.4. The van der Waals surface area contributed by atoms with Crippen LogP contribution in [0, 0.1) is 0 Å². The van der Waals surface area contributed by atoms with E-state index in [-0.39, 0.29) is 0 Å². The first-order valence-corrected chi connectivity index (χ1v) is 12.1. The van der Waals surface area contributed by atoms with E-state index in [1.54, 1.807) is 6.07 Å². The number of hydrogen-bond donors (Lipinski definition) is 1. The summed E-state index contributed by atoms with van der Waals surface area (Å²) in [5.74, 6) is 0. The summed E-state index contributed by atoms with van der Waals surface area (Å²) >= 11 is 0. The van der Waals surface area contributed by atoms with E-state index in [1.165, 1.54) is 28.9 Å². The summed E-state index contributed by atoms with van der Waals surface area (Å²) in [6, 6.07) is 11.1. The number of halogens is 6. The van der Waals surface area contributed by atoms with Gasteiger partial charge in [-0.15, -0.1) is 0 Å². The number of nitrogens with zero attached hydrogens (tertiary/aromatic N) is 4. The Labute approximate surface area is 211 Å². The molecular formula is C26H29F6N5. The van der Waals surface area contributed by atoms with Crippen LogP contribution in [0.15, 0.2) is 54.6 Å². The number of aromatic nitrogens is 2. The highest BCUT2D eigenvalue weighted by molar-refractivity contribution is 5.60. The highest BCUT2D eigenvalue weighted by Crippen LogP contribution is 2.32. The molecule has 0 unspecified atom stereocenters. The molecule has 4 rings (SSSR count). The maximum Gasteiger partial charge on any atom is 0.416 e. The van der Waals surface area contributed by atoms with Crippen molar-refractivity contribution in [3.05, 3.63) is 71.4 Å². The van der Waals surface area contributed by atoms with Gasteiger partial charge in [0.2, 0.25) is 0 Å². The molecule has 2 aromatic carbocycles. The minimum atomic E-state index is -4.46. The summed E-state index contributed by atoms with van der Waals surface area (Å²) in [5, 5.41) is 7.88. The molecule has 1 aliphatic heterocycles. The Balaban J connectivity index is 1.49. The van der Waals surface area contributed by atoms with Crippen molar-refractivity contribution in [1.29, 1.82) is 0 Å². The quantitative estimate of drug-likeness (QED) is 0.320. The van der Waals surface area contributed by atoms with E-state index >= 15 is 0 Å². The average Bonchev–Trinajstić information content (AvgIpc) is 3.28. The fourth-order valence-corrected chi connectivity index (χ4v) is 4.25. The molecule has 3 aromatic rings. The topological polar surface area (TPSA) is 36.3 Å². The molecule has 0 atom stereocenters. The molecular weight excluding hydrogens is 496 g/mol. The van der Waals surface area contributed by atoms with E-state index in [0.717, 1.165) is 70.0 Å². The first-order valence-electron chi connectivity index (χ1n) is 12.1. The Morgan fingerprint density at radius 2 is 1.38 bits per heavy atom. The number of alkyl halides is 6. The average molecular weight is 526 g/mol. The monoisotopic (exact) mass is 525 g/mol. The van der Waals surface area contributed by atoms with Gasteiger partial charge < -0.3 is 15.1 Å². The van der Waals surface area contributed by atoms with Crippen LogP contribution in [0.5, 0.6) is 0 Å². The van der Waals surface area contributed by atoms with Gasteiger partial charge in [-0.25, -0.2) is 4.68 Å². The Bertz CT molecular complexity index is 1140. The lowest BCUT2D eigenvalue weighted by molar-refractivity contribution is -0.138. The van der Waals surface area contributed by atoms with Gasteiger partial charge in [0.1, 0.15) is 0 Å². The molecule has 5 nitrogen and oxygen atoms in total. The Hall–Kier alpha value is -2.89. The van der Waals surface area contributed by atoms with E-state index in [1.807, 2.05) is 0 Å². The van der Waals surface area contributed by atoms with Crippen LogP contribution in [0.25, 0.3) is 16.9 Å². The summed E-state index contributed by atoms with van der Waals surface area (Å²) in [5.41, 5.74) is 0.503. The second-order valence-electron chi connectivity index (χ2n) is 9.23. The second-order valence-corrected chi connectivity index (χ2v) is 9.23. The highest BCUT2D eigenvalue weighted by Gasteiger charge is 2.31. The third kappa shape index (κ3) is 7.12. The molecule has 0 aliphatic carbocycles. The van der Waals surface area contributed by atoms with E-state index < -0.39 is 23.5 Å². The lowest BCUT2D eigenvalue weighted by Crippen LogP contribution is -2.45. The molecule has 11 heteroatoms. The van der Waals surface area contributed by atoms with Crippen LogP contribution >= 0.6 is 0 Å². The first kappa shape index (κ1) is 27.2. The van der Waals surface area contributed by atoms with Gasteiger partial charge in [-0.05, 0) is 69.0 Å². The molecule has 1 N–H and O–H groups in total. The van der Waals surface area contributed by atoms with Crippen molar-refractivity contribution in [3.63, 3.8) is 0 Å². The van der Waals surface area contributed by atoms with Crippen LogP contribution in [0.2, 0.25) is 0 Å². The number of benzene rings is 2. The number of likely N-dealkylation sites (N-methyl/N-ethyl adjacent to an activating group) is 1. The van der Waals surface area contributed by atoms with Crippen LogP contribution in [-0.4, -0.2) is 65.9 Å². The standard InChI is InChI=1S/C26H29F6N5/c1-35-13-15-36(16-14-35)12-2-11-33-18-23-17-24(19-3-5-20(6-4-19)25(27,28)29)34-37(23)22-9-7-21(8-10-22)26(30,31)32/h3-10,17,33H,2,11-16,18H2,1H3. The number of rotatable bonds is 8. The van der Waals surface area contributed by atoms with Crippen molar-refractivity contribution in [3.8, 4) is 16.9 Å². The summed E-state index contributed by atoms with van der Waals surface area (Å²) in [6.07, 6.45) is -7.97. The zero-order valence-corrected chi connectivity index (χ0v) is 20.4. The molecule has 0 saturated carbocycles. The maximum absolute atomic E-state index is 13.0. The number of piperazine rings is 1. The maximum atomic E-state index is 13.0. The molecule has 2 heterocycles. The summed E-state index contributed by atoms with van der Waals surface area (Å²) in [7, 11) is 2.11. The Morgan fingerprint density at radius 3 is 1.95 bits per heavy atom. The van der Waals surface area contributed by atoms with Gasteiger partial charge in [0, 0.05) is 38.3 Å². The zero-order chi connectivity index (χ0) is 26.6. The molecule has 0 spiro atoms. The molecule has 1 aliphatic rings. The van der Waals surface area contributed by atoms with E-state index in [9.17, 15) is 26.3 Å². The van der Waals surface area contributed by atoms with Crippen LogP contribution in [-0.2, 0) is 18.9 Å². The lowest BCUT2D eigenvalue weighted by atomic mass is 10.1. The van der Waals surface area contributed by atoms with Crippen molar-refractivity contribution in [2.75, 3.05) is 46.3 Å². The number of nitrogens with one attached hydrogen (secondary N) is 1. The van der Waals surface area contributed by atoms with Gasteiger partial charge in [-0.2, -0.15) is 31.4 Å². The van der Waals surface area contributed by atoms with Crippen LogP contribution < -0.4 is 5.32 Å². The predicted octanol–water partition coefficient (Wildman–Crippen LogP) is 5.30. The zero-order valence-electron chi connectivity index (χ0n) is 20.4. The minimum absolute atomic E-state index is 0.400. The van der Waals surface area contributed by atoms with E-state index in [4.69, 9.17) is 0 Å². The van der Waals surface area contributed by atoms with Crippen molar-refractivity contribution in [2.24, 2.45) is 0 Å². The molecule has 0 bridgehead atoms. The lowest BCUT2D eigenvalue weighted by Gasteiger charge is -2.32. The van der Waals surface area contributed by atoms with E-state index in [0.29, 0.717) is 29.2 Å². The molecule has 37 heavy (non-hydrogen) atoms. The minimum Gasteiger partial charge on any atom is -0.311 e. The normalized spacial score (nSPS) is 15.9. The molecule has 0 amide bonds. The molecule has 1 fully saturated rings. The largest absolute Gasteiger partial charge is 0.416 e. The SMILES string of the molecule is CN1CCN(CCCNCc2cc(-c3ccc(C(F)(F)F)cc3)nn2-c2ccc(C(F)(F)F)cc2)CC1. The van der Waals surface area contributed by atoms with Gasteiger partial charge in [-0.1, -0.05) is 12.1 Å². The fourth-order valence-electron chi connectivity index (χ4n) is 4.25. The third-order valence-corrected chi connectivity index (χ3v) is 6.46. The third-order valence-electron chi connectivity index (χ3n) is 6.46. The van der Waals surface area contributed by atoms with Gasteiger partial charge in [0.15, 0.2) is 0 Å². The fraction of sp³-hybridized carbons (Fsp3) is 0.423. The predicted molar refractivity (Wildman–Crippen MR) is 129 cm³/mol. The second kappa shape index (κ2) is 11.2. The summed E-state index contributed by atoms with van der Waals surface area (Å²) in [4.78, 5) is 4.71. The molecule has 0 radical (unpaired) electrons. The first-order chi connectivity index (χ1) is 17.5. The Kier molecular flexibility index (Phi) is 8.25. The van der Waals surface area contributed by atoms with Crippen LogP contribution in [0.1, 0.15) is 23.2 Å². The van der Waals surface area contributed by atoms with Crippen LogP contribution in [0.4, 0.5) is 26.3 Å². The highest BCUT2D eigenvalue weighted by atomic mass is 19.4.